The number of hydrogen-bond acceptors (Lipinski definition) is 4. The van der Waals surface area contributed by atoms with Crippen LogP contribution in [-0.4, -0.2) is 41.5 Å². The molecule has 0 bridgehead atoms. The minimum Gasteiger partial charge on any atom is -0.378 e. The van der Waals surface area contributed by atoms with Gasteiger partial charge in [-0.25, -0.2) is 4.79 Å². The molecule has 1 N–H and O–H groups in total. The van der Waals surface area contributed by atoms with Crippen LogP contribution in [0.3, 0.4) is 0 Å². The second kappa shape index (κ2) is 4.30. The van der Waals surface area contributed by atoms with Crippen LogP contribution in [0, 0.1) is 5.41 Å². The molecule has 6 heteroatoms. The molecule has 0 aromatic heterocycles. The van der Waals surface area contributed by atoms with Gasteiger partial charge < -0.3 is 4.74 Å². The maximum atomic E-state index is 12.5. The summed E-state index contributed by atoms with van der Waals surface area (Å²) >= 11 is 0. The smallest absolute Gasteiger partial charge is 0.331 e. The average Bonchev–Trinajstić information content (AvgIpc) is 2.23. The average molecular weight is 266 g/mol. The van der Waals surface area contributed by atoms with Gasteiger partial charge in [0, 0.05) is 12.6 Å². The molecule has 0 atom stereocenters. The van der Waals surface area contributed by atoms with E-state index in [9.17, 15) is 14.4 Å². The first-order chi connectivity index (χ1) is 9.08. The zero-order valence-corrected chi connectivity index (χ0v) is 11.0. The van der Waals surface area contributed by atoms with Gasteiger partial charge in [-0.2, -0.15) is 0 Å². The van der Waals surface area contributed by atoms with Crippen molar-refractivity contribution in [1.82, 2.24) is 10.2 Å². The second-order valence-electron chi connectivity index (χ2n) is 5.57. The van der Waals surface area contributed by atoms with Crippen LogP contribution in [-0.2, 0) is 14.3 Å². The van der Waals surface area contributed by atoms with Crippen LogP contribution in [0.1, 0.15) is 39.0 Å². The quantitative estimate of drug-likeness (QED) is 0.767. The molecule has 0 unspecified atom stereocenters. The molecule has 3 aliphatic rings. The fourth-order valence-corrected chi connectivity index (χ4v) is 3.12. The Morgan fingerprint density at radius 2 is 2.00 bits per heavy atom. The summed E-state index contributed by atoms with van der Waals surface area (Å²) < 4.78 is 5.45. The Bertz CT molecular complexity index is 438. The number of rotatable bonds is 3. The molecule has 104 valence electrons. The highest BCUT2D eigenvalue weighted by molar-refractivity contribution is 6.19. The SMILES string of the molecule is CCOC1CC(N2C(=O)NC(=O)C3(CCC3)C2=O)C1. The van der Waals surface area contributed by atoms with E-state index in [1.807, 2.05) is 6.92 Å². The molecule has 3 fully saturated rings. The van der Waals surface area contributed by atoms with Crippen molar-refractivity contribution in [3.8, 4) is 0 Å². The highest BCUT2D eigenvalue weighted by atomic mass is 16.5. The van der Waals surface area contributed by atoms with Gasteiger partial charge in [0.15, 0.2) is 0 Å². The van der Waals surface area contributed by atoms with Crippen LogP contribution in [0.2, 0.25) is 0 Å². The fraction of sp³-hybridized carbons (Fsp3) is 0.769. The highest BCUT2D eigenvalue weighted by Crippen LogP contribution is 2.46. The third kappa shape index (κ3) is 1.69. The molecule has 1 spiro atoms. The van der Waals surface area contributed by atoms with Crippen molar-refractivity contribution in [3.63, 3.8) is 0 Å². The minimum absolute atomic E-state index is 0.116. The lowest BCUT2D eigenvalue weighted by Crippen LogP contribution is -2.69. The van der Waals surface area contributed by atoms with E-state index in [0.717, 1.165) is 6.42 Å². The summed E-state index contributed by atoms with van der Waals surface area (Å²) in [6.07, 6.45) is 3.47. The molecular weight excluding hydrogens is 248 g/mol. The van der Waals surface area contributed by atoms with Crippen LogP contribution in [0.25, 0.3) is 0 Å². The lowest BCUT2D eigenvalue weighted by molar-refractivity contribution is -0.162. The van der Waals surface area contributed by atoms with Gasteiger partial charge in [0.05, 0.1) is 6.10 Å². The molecule has 1 heterocycles. The summed E-state index contributed by atoms with van der Waals surface area (Å²) in [7, 11) is 0. The lowest BCUT2D eigenvalue weighted by Gasteiger charge is -2.49. The molecule has 19 heavy (non-hydrogen) atoms. The molecule has 0 radical (unpaired) electrons. The predicted molar refractivity (Wildman–Crippen MR) is 65.1 cm³/mol. The number of hydrogen-bond donors (Lipinski definition) is 1. The van der Waals surface area contributed by atoms with Crippen LogP contribution in [0.15, 0.2) is 0 Å². The molecule has 2 aliphatic carbocycles. The molecule has 4 amide bonds. The van der Waals surface area contributed by atoms with Crippen LogP contribution < -0.4 is 5.32 Å². The van der Waals surface area contributed by atoms with E-state index in [2.05, 4.69) is 5.32 Å². The number of carbonyl (C=O) groups is 3. The molecule has 6 nitrogen and oxygen atoms in total. The first-order valence-electron chi connectivity index (χ1n) is 6.89. The predicted octanol–water partition coefficient (Wildman–Crippen LogP) is 0.803. The largest absolute Gasteiger partial charge is 0.378 e. The molecule has 0 aromatic carbocycles. The van der Waals surface area contributed by atoms with Crippen LogP contribution in [0.5, 0.6) is 0 Å². The Hall–Kier alpha value is -1.43. The van der Waals surface area contributed by atoms with Gasteiger partial charge in [-0.3, -0.25) is 19.8 Å². The number of ether oxygens (including phenoxy) is 1. The Labute approximate surface area is 111 Å². The van der Waals surface area contributed by atoms with E-state index in [0.29, 0.717) is 32.3 Å². The number of barbiturate groups is 1. The Kier molecular flexibility index (Phi) is 2.85. The second-order valence-corrected chi connectivity index (χ2v) is 5.57. The van der Waals surface area contributed by atoms with Gasteiger partial charge in [-0.1, -0.05) is 6.42 Å². The van der Waals surface area contributed by atoms with E-state index in [1.54, 1.807) is 0 Å². The zero-order valence-electron chi connectivity index (χ0n) is 11.0. The third-order valence-electron chi connectivity index (χ3n) is 4.55. The van der Waals surface area contributed by atoms with Crippen LogP contribution >= 0.6 is 0 Å². The Morgan fingerprint density at radius 3 is 2.53 bits per heavy atom. The lowest BCUT2D eigenvalue weighted by atomic mass is 9.65. The Morgan fingerprint density at radius 1 is 1.32 bits per heavy atom. The van der Waals surface area contributed by atoms with Crippen molar-refractivity contribution >= 4 is 17.8 Å². The summed E-state index contributed by atoms with van der Waals surface area (Å²) in [6, 6.07) is -0.679. The van der Waals surface area contributed by atoms with E-state index in [4.69, 9.17) is 4.74 Å². The van der Waals surface area contributed by atoms with Gasteiger partial charge in [-0.15, -0.1) is 0 Å². The fourth-order valence-electron chi connectivity index (χ4n) is 3.12. The zero-order chi connectivity index (χ0) is 13.6. The summed E-state index contributed by atoms with van der Waals surface area (Å²) in [5, 5.41) is 2.33. The monoisotopic (exact) mass is 266 g/mol. The van der Waals surface area contributed by atoms with E-state index < -0.39 is 17.4 Å². The van der Waals surface area contributed by atoms with Crippen LogP contribution in [0.4, 0.5) is 4.79 Å². The van der Waals surface area contributed by atoms with Gasteiger partial charge in [0.2, 0.25) is 11.8 Å². The standard InChI is InChI=1S/C13H18N2O4/c1-2-19-9-6-8(7-9)15-11(17)13(4-3-5-13)10(16)14-12(15)18/h8-9H,2-7H2,1H3,(H,14,16,18). The van der Waals surface area contributed by atoms with Crippen molar-refractivity contribution in [2.24, 2.45) is 5.41 Å². The van der Waals surface area contributed by atoms with Gasteiger partial charge in [-0.05, 0) is 32.6 Å². The Balaban J connectivity index is 1.73. The number of nitrogens with one attached hydrogen (secondary N) is 1. The maximum absolute atomic E-state index is 12.5. The third-order valence-corrected chi connectivity index (χ3v) is 4.55. The number of urea groups is 1. The molecule has 1 aliphatic heterocycles. The first-order valence-corrected chi connectivity index (χ1v) is 6.89. The topological polar surface area (TPSA) is 75.7 Å². The highest BCUT2D eigenvalue weighted by Gasteiger charge is 2.59. The van der Waals surface area contributed by atoms with Crippen molar-refractivity contribution in [2.75, 3.05) is 6.61 Å². The van der Waals surface area contributed by atoms with Gasteiger partial charge >= 0.3 is 6.03 Å². The van der Waals surface area contributed by atoms with Crippen molar-refractivity contribution in [3.05, 3.63) is 0 Å². The number of amides is 4. The summed E-state index contributed by atoms with van der Waals surface area (Å²) in [6.45, 7) is 2.56. The normalized spacial score (nSPS) is 32.9. The summed E-state index contributed by atoms with van der Waals surface area (Å²) in [4.78, 5) is 37.4. The van der Waals surface area contributed by atoms with Gasteiger partial charge in [0.25, 0.3) is 0 Å². The van der Waals surface area contributed by atoms with Crippen molar-refractivity contribution in [1.29, 1.82) is 0 Å². The summed E-state index contributed by atoms with van der Waals surface area (Å²) in [5.41, 5.74) is -0.954. The number of nitrogens with zero attached hydrogens (tertiary/aromatic N) is 1. The maximum Gasteiger partial charge on any atom is 0.331 e. The molecule has 3 rings (SSSR count). The number of carbonyl (C=O) groups excluding carboxylic acids is 3. The summed E-state index contributed by atoms with van der Waals surface area (Å²) in [5.74, 6) is -0.710. The number of imide groups is 2. The molecule has 1 saturated heterocycles. The first kappa shape index (κ1) is 12.6. The van der Waals surface area contributed by atoms with E-state index in [1.165, 1.54) is 4.90 Å². The molecule has 0 aromatic rings. The molecule has 2 saturated carbocycles. The van der Waals surface area contributed by atoms with Crippen molar-refractivity contribution < 1.29 is 19.1 Å². The van der Waals surface area contributed by atoms with Gasteiger partial charge in [0.1, 0.15) is 5.41 Å². The molecular formula is C13H18N2O4. The van der Waals surface area contributed by atoms with E-state index in [-0.39, 0.29) is 18.1 Å². The van der Waals surface area contributed by atoms with E-state index >= 15 is 0 Å². The van der Waals surface area contributed by atoms with Crippen molar-refractivity contribution in [2.45, 2.75) is 51.2 Å². The minimum atomic E-state index is -0.954.